The Morgan fingerprint density at radius 1 is 0.731 bits per heavy atom. The minimum absolute atomic E-state index is 0.0519. The van der Waals surface area contributed by atoms with Crippen molar-refractivity contribution < 1.29 is 19.5 Å². The third kappa shape index (κ3) is 2.46. The number of amides is 1. The summed E-state index contributed by atoms with van der Waals surface area (Å²) in [5, 5.41) is 12.0. The van der Waals surface area contributed by atoms with Crippen molar-refractivity contribution in [2.45, 2.75) is 0 Å². The van der Waals surface area contributed by atoms with Crippen LogP contribution in [0.4, 0.5) is 5.69 Å². The van der Waals surface area contributed by atoms with E-state index in [4.69, 9.17) is 0 Å². The zero-order valence-corrected chi connectivity index (χ0v) is 13.5. The highest BCUT2D eigenvalue weighted by atomic mass is 16.3. The fourth-order valence-electron chi connectivity index (χ4n) is 3.06. The van der Waals surface area contributed by atoms with Crippen molar-refractivity contribution in [3.8, 4) is 5.75 Å². The van der Waals surface area contributed by atoms with Crippen molar-refractivity contribution in [2.24, 2.45) is 0 Å². The first-order chi connectivity index (χ1) is 12.6. The molecule has 0 aromatic heterocycles. The number of hydrogen-bond acceptors (Lipinski definition) is 4. The fraction of sp³-hybridized carbons (Fsp3) is 0. The summed E-state index contributed by atoms with van der Waals surface area (Å²) in [6, 6.07) is 17.2. The summed E-state index contributed by atoms with van der Waals surface area (Å²) in [5.74, 6) is -0.915. The molecule has 0 bridgehead atoms. The van der Waals surface area contributed by atoms with Gasteiger partial charge in [0.05, 0.1) is 11.3 Å². The topological polar surface area (TPSA) is 83.5 Å². The Morgan fingerprint density at radius 2 is 1.35 bits per heavy atom. The number of ketones is 2. The Hall–Kier alpha value is -3.73. The molecule has 2 N–H and O–H groups in total. The van der Waals surface area contributed by atoms with Crippen LogP contribution in [0.1, 0.15) is 42.2 Å². The van der Waals surface area contributed by atoms with Crippen LogP contribution in [-0.2, 0) is 0 Å². The highest BCUT2D eigenvalue weighted by molar-refractivity contribution is 6.30. The summed E-state index contributed by atoms with van der Waals surface area (Å²) >= 11 is 0. The van der Waals surface area contributed by atoms with Crippen LogP contribution in [0.5, 0.6) is 5.75 Å². The van der Waals surface area contributed by atoms with Gasteiger partial charge in [0.25, 0.3) is 5.91 Å². The molecule has 3 aromatic rings. The Bertz CT molecular complexity index is 1070. The third-order valence-corrected chi connectivity index (χ3v) is 4.33. The van der Waals surface area contributed by atoms with Gasteiger partial charge >= 0.3 is 0 Å². The van der Waals surface area contributed by atoms with E-state index in [1.54, 1.807) is 42.5 Å². The second-order valence-electron chi connectivity index (χ2n) is 5.93. The Kier molecular flexibility index (Phi) is 3.62. The lowest BCUT2D eigenvalue weighted by Gasteiger charge is -2.20. The maximum atomic E-state index is 12.9. The molecule has 0 fully saturated rings. The number of hydrogen-bond donors (Lipinski definition) is 2. The summed E-state index contributed by atoms with van der Waals surface area (Å²) in [7, 11) is 0. The zero-order chi connectivity index (χ0) is 18.3. The van der Waals surface area contributed by atoms with Crippen LogP contribution >= 0.6 is 0 Å². The molecule has 26 heavy (non-hydrogen) atoms. The normalized spacial score (nSPS) is 12.3. The summed E-state index contributed by atoms with van der Waals surface area (Å²) in [6.07, 6.45) is 0. The first kappa shape index (κ1) is 15.8. The van der Waals surface area contributed by atoms with Gasteiger partial charge in [-0.2, -0.15) is 0 Å². The van der Waals surface area contributed by atoms with Gasteiger partial charge in [-0.3, -0.25) is 14.4 Å². The van der Waals surface area contributed by atoms with Gasteiger partial charge in [0, 0.05) is 22.3 Å². The second kappa shape index (κ2) is 5.97. The van der Waals surface area contributed by atoms with Crippen molar-refractivity contribution in [1.82, 2.24) is 0 Å². The van der Waals surface area contributed by atoms with E-state index in [0.29, 0.717) is 16.7 Å². The molecule has 0 saturated heterocycles. The molecule has 0 unspecified atom stereocenters. The van der Waals surface area contributed by atoms with Gasteiger partial charge in [-0.15, -0.1) is 0 Å². The van der Waals surface area contributed by atoms with E-state index in [9.17, 15) is 19.5 Å². The van der Waals surface area contributed by atoms with Gasteiger partial charge in [0.2, 0.25) is 0 Å². The number of phenolic OH excluding ortho intramolecular Hbond substituents is 1. The average Bonchev–Trinajstić information content (AvgIpc) is 2.66. The number of nitrogens with one attached hydrogen (secondary N) is 1. The Labute approximate surface area is 148 Å². The minimum atomic E-state index is -0.433. The Balaban J connectivity index is 1.76. The molecule has 1 aliphatic carbocycles. The molecule has 0 saturated carbocycles. The molecule has 126 valence electrons. The SMILES string of the molecule is O=C(Nc1cccc2c1C(=O)c1ccccc1C2=O)c1ccc(O)cc1. The lowest BCUT2D eigenvalue weighted by Crippen LogP contribution is -2.23. The second-order valence-corrected chi connectivity index (χ2v) is 5.93. The monoisotopic (exact) mass is 343 g/mol. The molecule has 0 spiro atoms. The first-order valence-corrected chi connectivity index (χ1v) is 7.98. The van der Waals surface area contributed by atoms with Crippen LogP contribution in [0.25, 0.3) is 0 Å². The molecular formula is C21H13NO4. The third-order valence-electron chi connectivity index (χ3n) is 4.33. The first-order valence-electron chi connectivity index (χ1n) is 7.98. The van der Waals surface area contributed by atoms with Crippen LogP contribution in [-0.4, -0.2) is 22.6 Å². The molecule has 1 aliphatic rings. The van der Waals surface area contributed by atoms with Gasteiger partial charge in [-0.25, -0.2) is 0 Å². The van der Waals surface area contributed by atoms with Crippen LogP contribution in [0.15, 0.2) is 66.7 Å². The van der Waals surface area contributed by atoms with Crippen LogP contribution in [0.3, 0.4) is 0 Å². The summed E-state index contributed by atoms with van der Waals surface area (Å²) in [5.41, 5.74) is 1.78. The molecule has 0 radical (unpaired) electrons. The predicted molar refractivity (Wildman–Crippen MR) is 95.8 cm³/mol. The van der Waals surface area contributed by atoms with Gasteiger partial charge in [-0.05, 0) is 30.3 Å². The summed E-state index contributed by atoms with van der Waals surface area (Å²) in [6.45, 7) is 0. The van der Waals surface area contributed by atoms with Crippen LogP contribution in [0, 0.1) is 0 Å². The van der Waals surface area contributed by atoms with E-state index in [2.05, 4.69) is 5.32 Å². The van der Waals surface area contributed by atoms with Gasteiger partial charge in [0.1, 0.15) is 5.75 Å². The Morgan fingerprint density at radius 3 is 2.04 bits per heavy atom. The molecule has 0 aliphatic heterocycles. The molecule has 4 rings (SSSR count). The van der Waals surface area contributed by atoms with Crippen LogP contribution < -0.4 is 5.32 Å². The molecule has 0 atom stereocenters. The van der Waals surface area contributed by atoms with Gasteiger partial charge in [-0.1, -0.05) is 36.4 Å². The van der Waals surface area contributed by atoms with E-state index in [1.165, 1.54) is 24.3 Å². The summed E-state index contributed by atoms with van der Waals surface area (Å²) < 4.78 is 0. The van der Waals surface area contributed by atoms with Crippen LogP contribution in [0.2, 0.25) is 0 Å². The van der Waals surface area contributed by atoms with E-state index < -0.39 is 5.91 Å². The zero-order valence-electron chi connectivity index (χ0n) is 13.5. The highest BCUT2D eigenvalue weighted by Crippen LogP contribution is 2.32. The quantitative estimate of drug-likeness (QED) is 0.584. The van der Waals surface area contributed by atoms with Crippen molar-refractivity contribution in [2.75, 3.05) is 5.32 Å². The number of fused-ring (bicyclic) bond motifs is 2. The average molecular weight is 343 g/mol. The number of carbonyl (C=O) groups excluding carboxylic acids is 3. The highest BCUT2D eigenvalue weighted by Gasteiger charge is 2.31. The molecule has 1 amide bonds. The van der Waals surface area contributed by atoms with Crippen molar-refractivity contribution in [1.29, 1.82) is 0 Å². The molecule has 5 nitrogen and oxygen atoms in total. The molecule has 3 aromatic carbocycles. The van der Waals surface area contributed by atoms with E-state index >= 15 is 0 Å². The number of benzene rings is 3. The largest absolute Gasteiger partial charge is 0.508 e. The maximum Gasteiger partial charge on any atom is 0.255 e. The van der Waals surface area contributed by atoms with Gasteiger partial charge < -0.3 is 10.4 Å². The maximum absolute atomic E-state index is 12.9. The lowest BCUT2D eigenvalue weighted by atomic mass is 9.83. The van der Waals surface area contributed by atoms with Crippen molar-refractivity contribution in [3.05, 3.63) is 94.5 Å². The molecule has 5 heteroatoms. The predicted octanol–water partition coefficient (Wildman–Crippen LogP) is 3.42. The van der Waals surface area contributed by atoms with E-state index in [-0.39, 0.29) is 34.1 Å². The van der Waals surface area contributed by atoms with Gasteiger partial charge in [0.15, 0.2) is 11.6 Å². The molecule has 0 heterocycles. The smallest absolute Gasteiger partial charge is 0.255 e. The van der Waals surface area contributed by atoms with E-state index in [1.807, 2.05) is 0 Å². The number of carbonyl (C=O) groups is 3. The number of aromatic hydroxyl groups is 1. The van der Waals surface area contributed by atoms with Crippen molar-refractivity contribution >= 4 is 23.2 Å². The summed E-state index contributed by atoms with van der Waals surface area (Å²) in [4.78, 5) is 38.1. The fourth-order valence-corrected chi connectivity index (χ4v) is 3.06. The minimum Gasteiger partial charge on any atom is -0.508 e. The molecular weight excluding hydrogens is 330 g/mol. The lowest BCUT2D eigenvalue weighted by molar-refractivity contribution is 0.0978. The number of anilines is 1. The van der Waals surface area contributed by atoms with E-state index in [0.717, 1.165) is 0 Å². The number of phenols is 1. The number of rotatable bonds is 2. The van der Waals surface area contributed by atoms with Crippen molar-refractivity contribution in [3.63, 3.8) is 0 Å². The standard InChI is InChI=1S/C21H13NO4/c23-13-10-8-12(9-11-13)21(26)22-17-7-3-6-16-18(17)20(25)15-5-2-1-4-14(15)19(16)24/h1-11,23H,(H,22,26).